The average Bonchev–Trinajstić information content (AvgIpc) is 1.69. The number of unbranched alkanes of at least 4 members (excludes halogenated alkanes) is 4. The van der Waals surface area contributed by atoms with Gasteiger partial charge in [0.2, 0.25) is 29.6 Å². The Hall–Kier alpha value is -8.26. The summed E-state index contributed by atoms with van der Waals surface area (Å²) in [5.74, 6) is -1.68. The van der Waals surface area contributed by atoms with Crippen LogP contribution in [0.3, 0.4) is 0 Å². The van der Waals surface area contributed by atoms with Crippen LogP contribution in [0.4, 0.5) is 25.3 Å². The lowest BCUT2D eigenvalue weighted by Gasteiger charge is -2.36. The highest BCUT2D eigenvalue weighted by molar-refractivity contribution is 7.13. The maximum absolute atomic E-state index is 14.8. The Bertz CT molecular complexity index is 3580. The number of likely N-dealkylation sites (tertiary alicyclic amines) is 2. The number of aliphatic hydroxyl groups excluding tert-OH is 1. The Labute approximate surface area is 545 Å². The van der Waals surface area contributed by atoms with Gasteiger partial charge in [-0.25, -0.2) is 33.2 Å². The number of carbonyl (C=O) groups excluding carboxylic acids is 6. The molecule has 1 aliphatic carbocycles. The van der Waals surface area contributed by atoms with Crippen molar-refractivity contribution < 1.29 is 47.4 Å². The number of hydrogen-bond acceptors (Lipinski definition) is 15. The third-order valence-electron chi connectivity index (χ3n) is 18.0. The molecule has 10 rings (SSSR count). The Balaban J connectivity index is 0.671. The molecule has 3 aromatic heterocycles. The monoisotopic (exact) mass is 1300 g/mol. The van der Waals surface area contributed by atoms with E-state index in [0.717, 1.165) is 53.1 Å². The van der Waals surface area contributed by atoms with Gasteiger partial charge in [0.1, 0.15) is 29.4 Å². The number of aryl methyl sites for hydroxylation is 1. The van der Waals surface area contributed by atoms with Gasteiger partial charge >= 0.3 is 6.03 Å². The molecular formula is C68H86F2N14O8S. The number of alkyl halides is 1. The van der Waals surface area contributed by atoms with E-state index in [2.05, 4.69) is 41.4 Å². The van der Waals surface area contributed by atoms with Crippen LogP contribution in [0.15, 0.2) is 96.8 Å². The highest BCUT2D eigenvalue weighted by Gasteiger charge is 2.53. The number of amides is 7. The average molecular weight is 1300 g/mol. The SMILES string of the molecule is COCCN1C[C@@H](NC(=O)Nc2c(C)c(-c3cnc(N4CCN(C(=O)CCCCCCCNC(=O)C[C@H](NC(=O)[C@@H]5C[C@@H](O)CN5C(=O)[C@@H](NC(=O)C5(F)CC5)C(C)(C)C)c5ccc(-c6scnc6C)cc5)CC4)nc3)nn2-c2ccccc2)[C@H](c2cccc(F)c2)C1. The van der Waals surface area contributed by atoms with Crippen molar-refractivity contribution in [2.24, 2.45) is 5.41 Å². The third kappa shape index (κ3) is 16.9. The van der Waals surface area contributed by atoms with Gasteiger partial charge in [-0.15, -0.1) is 11.3 Å². The van der Waals surface area contributed by atoms with E-state index in [1.807, 2.05) is 79.4 Å². The smallest absolute Gasteiger partial charge is 0.320 e. The molecule has 4 aliphatic rings. The lowest BCUT2D eigenvalue weighted by molar-refractivity contribution is -0.145. The van der Waals surface area contributed by atoms with Crippen LogP contribution >= 0.6 is 11.3 Å². The molecular weight excluding hydrogens is 1210 g/mol. The molecule has 6 heterocycles. The summed E-state index contributed by atoms with van der Waals surface area (Å²) in [4.78, 5) is 105. The first-order valence-electron chi connectivity index (χ1n) is 32.3. The number of anilines is 2. The summed E-state index contributed by atoms with van der Waals surface area (Å²) in [7, 11) is 1.65. The normalized spacial score (nSPS) is 19.4. The molecule has 3 aromatic carbocycles. The third-order valence-corrected chi connectivity index (χ3v) is 19.0. The molecule has 496 valence electrons. The Morgan fingerprint density at radius 1 is 0.839 bits per heavy atom. The minimum atomic E-state index is -2.02. The van der Waals surface area contributed by atoms with Crippen LogP contribution in [0, 0.1) is 25.1 Å². The number of benzene rings is 3. The first kappa shape index (κ1) is 67.6. The summed E-state index contributed by atoms with van der Waals surface area (Å²) in [6, 6.07) is 19.8. The largest absolute Gasteiger partial charge is 0.391 e. The minimum Gasteiger partial charge on any atom is -0.391 e. The Morgan fingerprint density at radius 3 is 2.24 bits per heavy atom. The Morgan fingerprint density at radius 2 is 1.56 bits per heavy atom. The minimum absolute atomic E-state index is 0.0585. The second-order valence-corrected chi connectivity index (χ2v) is 26.8. The molecule has 6 atom stereocenters. The van der Waals surface area contributed by atoms with Crippen molar-refractivity contribution in [3.8, 4) is 27.4 Å². The summed E-state index contributed by atoms with van der Waals surface area (Å²) in [5, 5.41) is 30.7. The van der Waals surface area contributed by atoms with E-state index < -0.39 is 59.1 Å². The second-order valence-electron chi connectivity index (χ2n) is 26.0. The van der Waals surface area contributed by atoms with Crippen LogP contribution in [0.25, 0.3) is 27.4 Å². The number of halogens is 2. The standard InChI is InChI=1S/C68H86F2N14O8S/c1-43-58(79-84(50-18-11-10-12-19-50)61(43)78-66(91)76-54-41-80(32-33-92-6)40-52(54)47-16-15-17-49(69)34-47)48-37-72-65(73-38-48)82-30-28-81(29-31-82)57(87)20-13-8-7-9-14-27-71-56(86)36-53(45-21-23-46(24-22-45)59-44(2)74-42-93-59)75-62(88)55-35-51(85)39-83(55)63(89)60(67(3,4)5)77-64(90)68(70)25-26-68/h10-12,15-19,21-24,34,37-38,42,51-55,60,85H,7-9,13-14,20,25-33,35-36,39-41H2,1-6H3,(H,71,86)(H,75,88)(H,77,90)(H2,76,78,91)/t51-,52+,53+,54-,55+,60-/m1/s1. The molecule has 1 saturated carbocycles. The van der Waals surface area contributed by atoms with Crippen LogP contribution < -0.4 is 31.5 Å². The van der Waals surface area contributed by atoms with Crippen molar-refractivity contribution in [1.29, 1.82) is 0 Å². The number of thiazole rings is 1. The van der Waals surface area contributed by atoms with E-state index in [9.17, 15) is 42.7 Å². The molecule has 6 aromatic rings. The van der Waals surface area contributed by atoms with E-state index in [1.165, 1.54) is 28.4 Å². The van der Waals surface area contributed by atoms with Crippen LogP contribution in [0.1, 0.15) is 119 Å². The van der Waals surface area contributed by atoms with E-state index in [1.54, 1.807) is 56.5 Å². The molecule has 93 heavy (non-hydrogen) atoms. The fraction of sp³-hybridized carbons (Fsp3) is 0.500. The highest BCUT2D eigenvalue weighted by atomic mass is 32.1. The summed E-state index contributed by atoms with van der Waals surface area (Å²) in [5.41, 5.74) is 4.90. The summed E-state index contributed by atoms with van der Waals surface area (Å²) >= 11 is 1.51. The zero-order valence-electron chi connectivity index (χ0n) is 53.8. The summed E-state index contributed by atoms with van der Waals surface area (Å²) in [6.07, 6.45) is 6.84. The number of nitrogens with zero attached hydrogens (tertiary/aromatic N) is 9. The second kappa shape index (κ2) is 30.2. The van der Waals surface area contributed by atoms with Gasteiger partial charge in [-0.05, 0) is 85.9 Å². The molecule has 4 fully saturated rings. The summed E-state index contributed by atoms with van der Waals surface area (Å²) in [6.45, 7) is 13.9. The maximum atomic E-state index is 14.8. The zero-order chi connectivity index (χ0) is 66.0. The van der Waals surface area contributed by atoms with Crippen molar-refractivity contribution in [3.63, 3.8) is 0 Å². The van der Waals surface area contributed by atoms with Gasteiger partial charge in [-0.2, -0.15) is 5.10 Å². The molecule has 3 aliphatic heterocycles. The van der Waals surface area contributed by atoms with Gasteiger partial charge in [-0.3, -0.25) is 34.2 Å². The number of piperazine rings is 1. The first-order chi connectivity index (χ1) is 44.7. The van der Waals surface area contributed by atoms with E-state index in [4.69, 9.17) is 19.8 Å². The number of aliphatic hydroxyl groups is 1. The van der Waals surface area contributed by atoms with E-state index in [0.29, 0.717) is 106 Å². The van der Waals surface area contributed by atoms with Crippen molar-refractivity contribution in [3.05, 3.63) is 125 Å². The van der Waals surface area contributed by atoms with Crippen molar-refractivity contribution in [2.75, 3.05) is 82.8 Å². The zero-order valence-corrected chi connectivity index (χ0v) is 54.7. The van der Waals surface area contributed by atoms with Crippen LogP contribution in [0.2, 0.25) is 0 Å². The number of urea groups is 1. The first-order valence-corrected chi connectivity index (χ1v) is 33.1. The maximum Gasteiger partial charge on any atom is 0.320 e. The number of para-hydroxylation sites is 1. The molecule has 6 N–H and O–H groups in total. The van der Waals surface area contributed by atoms with Gasteiger partial charge in [0.05, 0.1) is 53.0 Å². The number of nitrogens with one attached hydrogen (secondary N) is 5. The predicted molar refractivity (Wildman–Crippen MR) is 351 cm³/mol. The van der Waals surface area contributed by atoms with Crippen LogP contribution in [-0.2, 0) is 28.7 Å². The lowest BCUT2D eigenvalue weighted by atomic mass is 9.85. The quantitative estimate of drug-likeness (QED) is 0.0283. The lowest BCUT2D eigenvalue weighted by Crippen LogP contribution is -2.59. The number of carbonyl (C=O) groups is 6. The molecule has 0 spiro atoms. The number of ether oxygens (including phenoxy) is 1. The van der Waals surface area contributed by atoms with Crippen LogP contribution in [0.5, 0.6) is 0 Å². The molecule has 0 bridgehead atoms. The number of β-amino-alcohol motifs (C(OH)–C–C–N with tert-alkyl or cyclic N) is 1. The number of aromatic nitrogens is 5. The summed E-state index contributed by atoms with van der Waals surface area (Å²) < 4.78 is 36.2. The molecule has 0 radical (unpaired) electrons. The van der Waals surface area contributed by atoms with Crippen molar-refractivity contribution in [2.45, 2.75) is 141 Å². The topological polar surface area (TPSA) is 261 Å². The number of hydrogen-bond donors (Lipinski definition) is 6. The molecule has 3 saturated heterocycles. The van der Waals surface area contributed by atoms with Gasteiger partial charge in [0.15, 0.2) is 5.67 Å². The van der Waals surface area contributed by atoms with Gasteiger partial charge < -0.3 is 45.8 Å². The fourth-order valence-electron chi connectivity index (χ4n) is 12.5. The van der Waals surface area contributed by atoms with Gasteiger partial charge in [0.25, 0.3) is 5.91 Å². The number of rotatable bonds is 26. The molecule has 7 amide bonds. The van der Waals surface area contributed by atoms with Crippen LogP contribution in [-0.4, -0.2) is 183 Å². The van der Waals surface area contributed by atoms with Crippen molar-refractivity contribution in [1.82, 2.24) is 60.7 Å². The highest BCUT2D eigenvalue weighted by Crippen LogP contribution is 2.41. The molecule has 0 unspecified atom stereocenters. The van der Waals surface area contributed by atoms with Crippen molar-refractivity contribution >= 4 is 58.7 Å². The predicted octanol–water partition coefficient (Wildman–Crippen LogP) is 7.79. The molecule has 22 nitrogen and oxygen atoms in total. The van der Waals surface area contributed by atoms with Gasteiger partial charge in [0, 0.05) is 108 Å². The van der Waals surface area contributed by atoms with Gasteiger partial charge in [-0.1, -0.05) is 94.6 Å². The van der Waals surface area contributed by atoms with E-state index >= 15 is 0 Å². The van der Waals surface area contributed by atoms with E-state index in [-0.39, 0.29) is 61.8 Å². The fourth-order valence-corrected chi connectivity index (χ4v) is 13.3. The Kier molecular flexibility index (Phi) is 22.0. The number of methoxy groups -OCH3 is 1. The molecule has 25 heteroatoms.